The summed E-state index contributed by atoms with van der Waals surface area (Å²) in [7, 11) is 0. The Morgan fingerprint density at radius 2 is 2.10 bits per heavy atom. The quantitative estimate of drug-likeness (QED) is 0.559. The van der Waals surface area contributed by atoms with Crippen molar-refractivity contribution in [3.63, 3.8) is 0 Å². The van der Waals surface area contributed by atoms with Crippen molar-refractivity contribution in [2.45, 2.75) is 25.7 Å². The average Bonchev–Trinajstić information content (AvgIpc) is 2.45. The number of hydrogen-bond donors (Lipinski definition) is 3. The van der Waals surface area contributed by atoms with Crippen LogP contribution < -0.4 is 11.1 Å². The summed E-state index contributed by atoms with van der Waals surface area (Å²) in [5, 5.41) is 23.2. The molecule has 1 aromatic rings. The molecule has 0 spiro atoms. The van der Waals surface area contributed by atoms with Crippen molar-refractivity contribution < 1.29 is 10.0 Å². The van der Waals surface area contributed by atoms with E-state index in [1.807, 2.05) is 0 Å². The van der Waals surface area contributed by atoms with Crippen LogP contribution >= 0.6 is 0 Å². The van der Waals surface area contributed by atoms with Gasteiger partial charge in [0.15, 0.2) is 0 Å². The van der Waals surface area contributed by atoms with Gasteiger partial charge in [0.1, 0.15) is 5.82 Å². The summed E-state index contributed by atoms with van der Waals surface area (Å²) in [6.07, 6.45) is 4.49. The molecule has 0 aliphatic heterocycles. The molecular formula is C13H20N4O3. The number of nitrogens with zero attached hydrogens (tertiary/aromatic N) is 2. The van der Waals surface area contributed by atoms with E-state index in [2.05, 4.69) is 10.3 Å². The molecule has 7 nitrogen and oxygen atoms in total. The molecule has 0 aromatic carbocycles. The number of pyridine rings is 1. The zero-order valence-electron chi connectivity index (χ0n) is 11.3. The van der Waals surface area contributed by atoms with Crippen LogP contribution in [-0.2, 0) is 0 Å². The highest BCUT2D eigenvalue weighted by Gasteiger charge is 2.24. The van der Waals surface area contributed by atoms with Gasteiger partial charge in [-0.3, -0.25) is 10.1 Å². The molecular weight excluding hydrogens is 260 g/mol. The fraction of sp³-hybridized carbons (Fsp3) is 0.615. The van der Waals surface area contributed by atoms with Gasteiger partial charge in [-0.15, -0.1) is 0 Å². The van der Waals surface area contributed by atoms with E-state index < -0.39 is 4.92 Å². The fourth-order valence-electron chi connectivity index (χ4n) is 2.75. The number of nitrogens with two attached hydrogens (primary N) is 1. The SMILES string of the molecule is Nc1nc(NCC2CCCCC2CO)ccc1[N+](=O)[O-]. The third-order valence-electron chi connectivity index (χ3n) is 3.95. The summed E-state index contributed by atoms with van der Waals surface area (Å²) in [5.74, 6) is 1.19. The van der Waals surface area contributed by atoms with E-state index in [4.69, 9.17) is 5.73 Å². The number of rotatable bonds is 5. The predicted molar refractivity (Wildman–Crippen MR) is 76.3 cm³/mol. The third-order valence-corrected chi connectivity index (χ3v) is 3.95. The van der Waals surface area contributed by atoms with Gasteiger partial charge in [0.2, 0.25) is 5.82 Å². The molecule has 1 saturated carbocycles. The van der Waals surface area contributed by atoms with E-state index in [0.29, 0.717) is 24.2 Å². The van der Waals surface area contributed by atoms with E-state index in [1.54, 1.807) is 6.07 Å². The highest BCUT2D eigenvalue weighted by molar-refractivity contribution is 5.57. The number of nitrogen functional groups attached to an aromatic ring is 1. The maximum Gasteiger partial charge on any atom is 0.311 e. The molecule has 7 heteroatoms. The van der Waals surface area contributed by atoms with Crippen LogP contribution in [0.5, 0.6) is 0 Å². The van der Waals surface area contributed by atoms with Crippen molar-refractivity contribution in [3.05, 3.63) is 22.2 Å². The topological polar surface area (TPSA) is 114 Å². The molecule has 2 atom stereocenters. The van der Waals surface area contributed by atoms with E-state index >= 15 is 0 Å². The normalized spacial score (nSPS) is 22.4. The Morgan fingerprint density at radius 1 is 1.40 bits per heavy atom. The lowest BCUT2D eigenvalue weighted by Gasteiger charge is -2.30. The first-order valence-corrected chi connectivity index (χ1v) is 6.87. The summed E-state index contributed by atoms with van der Waals surface area (Å²) in [5.41, 5.74) is 5.37. The first kappa shape index (κ1) is 14.5. The smallest absolute Gasteiger partial charge is 0.311 e. The maximum atomic E-state index is 10.7. The van der Waals surface area contributed by atoms with Gasteiger partial charge in [-0.05, 0) is 30.7 Å². The minimum absolute atomic E-state index is 0.0812. The molecule has 2 rings (SSSR count). The van der Waals surface area contributed by atoms with Crippen molar-refractivity contribution >= 4 is 17.3 Å². The summed E-state index contributed by atoms with van der Waals surface area (Å²) >= 11 is 0. The van der Waals surface area contributed by atoms with Gasteiger partial charge in [0, 0.05) is 19.2 Å². The molecule has 2 unspecified atom stereocenters. The average molecular weight is 280 g/mol. The highest BCUT2D eigenvalue weighted by Crippen LogP contribution is 2.30. The minimum atomic E-state index is -0.547. The molecule has 1 fully saturated rings. The number of aliphatic hydroxyl groups is 1. The molecule has 1 aliphatic rings. The van der Waals surface area contributed by atoms with Crippen molar-refractivity contribution in [1.29, 1.82) is 0 Å². The third kappa shape index (κ3) is 3.36. The summed E-state index contributed by atoms with van der Waals surface area (Å²) < 4.78 is 0. The number of hydrogen-bond acceptors (Lipinski definition) is 6. The van der Waals surface area contributed by atoms with Crippen LogP contribution in [0, 0.1) is 22.0 Å². The molecule has 4 N–H and O–H groups in total. The molecule has 0 amide bonds. The molecule has 0 saturated heterocycles. The molecule has 1 aromatic heterocycles. The Morgan fingerprint density at radius 3 is 2.70 bits per heavy atom. The second-order valence-electron chi connectivity index (χ2n) is 5.23. The van der Waals surface area contributed by atoms with Gasteiger partial charge in [-0.2, -0.15) is 0 Å². The summed E-state index contributed by atoms with van der Waals surface area (Å²) in [6.45, 7) is 0.914. The number of nitrogens with one attached hydrogen (secondary N) is 1. The van der Waals surface area contributed by atoms with E-state index in [1.165, 1.54) is 18.9 Å². The summed E-state index contributed by atoms with van der Waals surface area (Å²) in [6, 6.07) is 2.92. The maximum absolute atomic E-state index is 10.7. The first-order chi connectivity index (χ1) is 9.61. The van der Waals surface area contributed by atoms with E-state index in [-0.39, 0.29) is 18.1 Å². The largest absolute Gasteiger partial charge is 0.396 e. The van der Waals surface area contributed by atoms with Gasteiger partial charge < -0.3 is 16.2 Å². The van der Waals surface area contributed by atoms with Crippen LogP contribution in [0.15, 0.2) is 12.1 Å². The Labute approximate surface area is 117 Å². The molecule has 110 valence electrons. The standard InChI is InChI=1S/C13H20N4O3/c14-13-11(17(19)20)5-6-12(16-13)15-7-9-3-1-2-4-10(9)8-18/h5-6,9-10,18H,1-4,7-8H2,(H3,14,15,16). The minimum Gasteiger partial charge on any atom is -0.396 e. The van der Waals surface area contributed by atoms with Crippen molar-refractivity contribution in [3.8, 4) is 0 Å². The van der Waals surface area contributed by atoms with Crippen LogP contribution in [0.2, 0.25) is 0 Å². The van der Waals surface area contributed by atoms with Crippen LogP contribution in [0.3, 0.4) is 0 Å². The monoisotopic (exact) mass is 280 g/mol. The van der Waals surface area contributed by atoms with Crippen LogP contribution in [0.1, 0.15) is 25.7 Å². The second-order valence-corrected chi connectivity index (χ2v) is 5.23. The molecule has 0 radical (unpaired) electrons. The van der Waals surface area contributed by atoms with Crippen molar-refractivity contribution in [2.75, 3.05) is 24.2 Å². The Balaban J connectivity index is 1.96. The van der Waals surface area contributed by atoms with Crippen LogP contribution in [0.4, 0.5) is 17.3 Å². The van der Waals surface area contributed by atoms with Gasteiger partial charge in [0.05, 0.1) is 4.92 Å². The Hall–Kier alpha value is -1.89. The predicted octanol–water partition coefficient (Wildman–Crippen LogP) is 1.78. The number of anilines is 2. The van der Waals surface area contributed by atoms with Crippen molar-refractivity contribution in [1.82, 2.24) is 4.98 Å². The van der Waals surface area contributed by atoms with E-state index in [0.717, 1.165) is 12.8 Å². The van der Waals surface area contributed by atoms with Gasteiger partial charge in [-0.25, -0.2) is 4.98 Å². The van der Waals surface area contributed by atoms with Gasteiger partial charge >= 0.3 is 5.69 Å². The number of aromatic nitrogens is 1. The second kappa shape index (κ2) is 6.51. The van der Waals surface area contributed by atoms with Gasteiger partial charge in [-0.1, -0.05) is 12.8 Å². The Bertz CT molecular complexity index is 481. The molecule has 1 heterocycles. The lowest BCUT2D eigenvalue weighted by molar-refractivity contribution is -0.384. The van der Waals surface area contributed by atoms with Crippen molar-refractivity contribution in [2.24, 2.45) is 11.8 Å². The lowest BCUT2D eigenvalue weighted by atomic mass is 9.79. The lowest BCUT2D eigenvalue weighted by Crippen LogP contribution is -2.28. The zero-order chi connectivity index (χ0) is 14.5. The number of nitro groups is 1. The number of aliphatic hydroxyl groups excluding tert-OH is 1. The van der Waals surface area contributed by atoms with Crippen LogP contribution in [0.25, 0.3) is 0 Å². The molecule has 1 aliphatic carbocycles. The summed E-state index contributed by atoms with van der Waals surface area (Å²) in [4.78, 5) is 14.1. The Kier molecular flexibility index (Phi) is 4.73. The van der Waals surface area contributed by atoms with Gasteiger partial charge in [0.25, 0.3) is 0 Å². The molecule has 0 bridgehead atoms. The first-order valence-electron chi connectivity index (χ1n) is 6.87. The van der Waals surface area contributed by atoms with E-state index in [9.17, 15) is 15.2 Å². The fourth-order valence-corrected chi connectivity index (χ4v) is 2.75. The highest BCUT2D eigenvalue weighted by atomic mass is 16.6. The zero-order valence-corrected chi connectivity index (χ0v) is 11.3. The van der Waals surface area contributed by atoms with Crippen LogP contribution in [-0.4, -0.2) is 28.2 Å². The molecule has 20 heavy (non-hydrogen) atoms.